The molecule has 2 aromatic heterocycles. The molecule has 2 aromatic rings. The quantitative estimate of drug-likeness (QED) is 0.822. The summed E-state index contributed by atoms with van der Waals surface area (Å²) in [5.74, 6) is 1.90. The lowest BCUT2D eigenvalue weighted by atomic mass is 10.2. The van der Waals surface area contributed by atoms with Gasteiger partial charge in [0.15, 0.2) is 0 Å². The van der Waals surface area contributed by atoms with Gasteiger partial charge in [-0.3, -0.25) is 4.98 Å². The van der Waals surface area contributed by atoms with Crippen LogP contribution in [0.1, 0.15) is 18.7 Å². The zero-order chi connectivity index (χ0) is 11.5. The van der Waals surface area contributed by atoms with Crippen LogP contribution in [0.2, 0.25) is 0 Å². The first kappa shape index (κ1) is 10.5. The first-order chi connectivity index (χ1) is 8.42. The number of H-pyrrole nitrogens is 1. The number of nitrogens with zero attached hydrogens (tertiary/aromatic N) is 2. The molecule has 1 fully saturated rings. The summed E-state index contributed by atoms with van der Waals surface area (Å²) in [6.07, 6.45) is 8.23. The highest BCUT2D eigenvalue weighted by molar-refractivity contribution is 5.57. The molecule has 0 aromatic carbocycles. The van der Waals surface area contributed by atoms with Gasteiger partial charge in [0.1, 0.15) is 5.82 Å². The third-order valence-corrected chi connectivity index (χ3v) is 3.04. The van der Waals surface area contributed by atoms with E-state index in [1.165, 1.54) is 12.8 Å². The molecule has 0 amide bonds. The molecule has 0 bridgehead atoms. The second-order valence-electron chi connectivity index (χ2n) is 4.55. The standard InChI is InChI=1S/C13H16N4/c1-2-10(1)7-15-9-13-16-8-12(17-13)11-3-5-14-6-4-11/h3-6,8,10,15H,1-2,7,9H2,(H,16,17). The number of aromatic amines is 1. The Hall–Kier alpha value is -1.68. The molecule has 1 aliphatic rings. The number of nitrogens with one attached hydrogen (secondary N) is 2. The van der Waals surface area contributed by atoms with Gasteiger partial charge in [0.2, 0.25) is 0 Å². The van der Waals surface area contributed by atoms with E-state index in [1.807, 2.05) is 18.3 Å². The van der Waals surface area contributed by atoms with Crippen molar-refractivity contribution in [3.8, 4) is 11.3 Å². The lowest BCUT2D eigenvalue weighted by molar-refractivity contribution is 0.623. The van der Waals surface area contributed by atoms with Crippen LogP contribution in [0.15, 0.2) is 30.7 Å². The Morgan fingerprint density at radius 2 is 2.12 bits per heavy atom. The van der Waals surface area contributed by atoms with Gasteiger partial charge in [0.05, 0.1) is 18.4 Å². The van der Waals surface area contributed by atoms with Gasteiger partial charge in [0, 0.05) is 18.0 Å². The summed E-state index contributed by atoms with van der Waals surface area (Å²) in [5, 5.41) is 3.42. The van der Waals surface area contributed by atoms with Crippen LogP contribution in [-0.2, 0) is 6.54 Å². The van der Waals surface area contributed by atoms with Crippen LogP contribution in [0, 0.1) is 5.92 Å². The fraction of sp³-hybridized carbons (Fsp3) is 0.385. The van der Waals surface area contributed by atoms with Gasteiger partial charge in [-0.1, -0.05) is 0 Å². The molecule has 2 N–H and O–H groups in total. The number of hydrogen-bond donors (Lipinski definition) is 2. The van der Waals surface area contributed by atoms with E-state index in [0.29, 0.717) is 0 Å². The fourth-order valence-corrected chi connectivity index (χ4v) is 1.85. The molecule has 88 valence electrons. The van der Waals surface area contributed by atoms with Crippen molar-refractivity contribution in [2.45, 2.75) is 19.4 Å². The molecule has 17 heavy (non-hydrogen) atoms. The maximum absolute atomic E-state index is 4.37. The number of pyridine rings is 1. The summed E-state index contributed by atoms with van der Waals surface area (Å²) in [6.45, 7) is 1.94. The minimum Gasteiger partial charge on any atom is -0.341 e. The van der Waals surface area contributed by atoms with Crippen molar-refractivity contribution < 1.29 is 0 Å². The summed E-state index contributed by atoms with van der Waals surface area (Å²) < 4.78 is 0. The van der Waals surface area contributed by atoms with E-state index in [-0.39, 0.29) is 0 Å². The molecule has 0 atom stereocenters. The molecule has 1 saturated carbocycles. The first-order valence-electron chi connectivity index (χ1n) is 6.07. The second-order valence-corrected chi connectivity index (χ2v) is 4.55. The second kappa shape index (κ2) is 4.67. The highest BCUT2D eigenvalue weighted by atomic mass is 15.0. The van der Waals surface area contributed by atoms with Gasteiger partial charge in [-0.2, -0.15) is 0 Å². The van der Waals surface area contributed by atoms with E-state index in [1.54, 1.807) is 12.4 Å². The fourth-order valence-electron chi connectivity index (χ4n) is 1.85. The molecule has 4 nitrogen and oxygen atoms in total. The van der Waals surface area contributed by atoms with Crippen LogP contribution >= 0.6 is 0 Å². The van der Waals surface area contributed by atoms with Crippen LogP contribution in [0.3, 0.4) is 0 Å². The zero-order valence-electron chi connectivity index (χ0n) is 9.69. The normalized spacial score (nSPS) is 15.1. The monoisotopic (exact) mass is 228 g/mol. The average molecular weight is 228 g/mol. The smallest absolute Gasteiger partial charge is 0.120 e. The van der Waals surface area contributed by atoms with Crippen molar-refractivity contribution >= 4 is 0 Å². The Morgan fingerprint density at radius 1 is 1.29 bits per heavy atom. The van der Waals surface area contributed by atoms with E-state index in [2.05, 4.69) is 20.3 Å². The van der Waals surface area contributed by atoms with Gasteiger partial charge >= 0.3 is 0 Å². The van der Waals surface area contributed by atoms with Crippen molar-refractivity contribution in [2.24, 2.45) is 5.92 Å². The molecule has 0 radical (unpaired) electrons. The molecule has 4 heteroatoms. The molecule has 3 rings (SSSR count). The minimum absolute atomic E-state index is 0.821. The van der Waals surface area contributed by atoms with Gasteiger partial charge in [-0.15, -0.1) is 0 Å². The lowest BCUT2D eigenvalue weighted by Crippen LogP contribution is -2.16. The van der Waals surface area contributed by atoms with E-state index in [9.17, 15) is 0 Å². The zero-order valence-corrected chi connectivity index (χ0v) is 9.69. The van der Waals surface area contributed by atoms with Gasteiger partial charge in [0.25, 0.3) is 0 Å². The molecule has 0 aliphatic heterocycles. The predicted octanol–water partition coefficient (Wildman–Crippen LogP) is 1.97. The summed E-state index contributed by atoms with van der Waals surface area (Å²) in [4.78, 5) is 11.7. The number of rotatable bonds is 5. The Kier molecular flexibility index (Phi) is 2.88. The van der Waals surface area contributed by atoms with Crippen LogP contribution in [0.4, 0.5) is 0 Å². The lowest BCUT2D eigenvalue weighted by Gasteiger charge is -2.00. The van der Waals surface area contributed by atoms with Crippen molar-refractivity contribution in [3.05, 3.63) is 36.5 Å². The Bertz CT molecular complexity index is 473. The molecule has 2 heterocycles. The largest absolute Gasteiger partial charge is 0.341 e. The summed E-state index contributed by atoms with van der Waals surface area (Å²) >= 11 is 0. The average Bonchev–Trinajstić information content (AvgIpc) is 3.07. The van der Waals surface area contributed by atoms with Gasteiger partial charge < -0.3 is 10.3 Å². The van der Waals surface area contributed by atoms with Crippen LogP contribution in [0.25, 0.3) is 11.3 Å². The maximum Gasteiger partial charge on any atom is 0.120 e. The number of imidazole rings is 1. The Labute approximate surface area is 101 Å². The van der Waals surface area contributed by atoms with E-state index in [0.717, 1.165) is 36.1 Å². The van der Waals surface area contributed by atoms with Gasteiger partial charge in [-0.25, -0.2) is 4.98 Å². The van der Waals surface area contributed by atoms with Crippen molar-refractivity contribution in [2.75, 3.05) is 6.54 Å². The molecular weight excluding hydrogens is 212 g/mol. The van der Waals surface area contributed by atoms with Crippen LogP contribution < -0.4 is 5.32 Å². The first-order valence-corrected chi connectivity index (χ1v) is 6.07. The minimum atomic E-state index is 0.821. The third-order valence-electron chi connectivity index (χ3n) is 3.04. The van der Waals surface area contributed by atoms with Gasteiger partial charge in [-0.05, 0) is 37.4 Å². The van der Waals surface area contributed by atoms with Crippen molar-refractivity contribution in [1.29, 1.82) is 0 Å². The topological polar surface area (TPSA) is 53.6 Å². The molecule has 1 aliphatic carbocycles. The summed E-state index contributed by atoms with van der Waals surface area (Å²) in [5.41, 5.74) is 2.18. The number of hydrogen-bond acceptors (Lipinski definition) is 3. The third kappa shape index (κ3) is 2.71. The molecule has 0 spiro atoms. The highest BCUT2D eigenvalue weighted by Crippen LogP contribution is 2.27. The van der Waals surface area contributed by atoms with E-state index >= 15 is 0 Å². The van der Waals surface area contributed by atoms with Crippen molar-refractivity contribution in [1.82, 2.24) is 20.3 Å². The van der Waals surface area contributed by atoms with Crippen LogP contribution in [0.5, 0.6) is 0 Å². The predicted molar refractivity (Wildman–Crippen MR) is 66.2 cm³/mol. The number of aromatic nitrogens is 3. The van der Waals surface area contributed by atoms with Crippen LogP contribution in [-0.4, -0.2) is 21.5 Å². The van der Waals surface area contributed by atoms with Crippen molar-refractivity contribution in [3.63, 3.8) is 0 Å². The molecule has 0 saturated heterocycles. The van der Waals surface area contributed by atoms with E-state index < -0.39 is 0 Å². The molecule has 0 unspecified atom stereocenters. The van der Waals surface area contributed by atoms with E-state index in [4.69, 9.17) is 0 Å². The summed E-state index contributed by atoms with van der Waals surface area (Å²) in [7, 11) is 0. The summed E-state index contributed by atoms with van der Waals surface area (Å²) in [6, 6.07) is 3.96. The Balaban J connectivity index is 1.61. The maximum atomic E-state index is 4.37. The molecular formula is C13H16N4. The Morgan fingerprint density at radius 3 is 2.88 bits per heavy atom. The SMILES string of the molecule is c1cc(-c2cnc(CNCC3CC3)[nH]2)ccn1. The highest BCUT2D eigenvalue weighted by Gasteiger charge is 2.20.